The van der Waals surface area contributed by atoms with Crippen LogP contribution in [0.25, 0.3) is 22.3 Å². The predicted molar refractivity (Wildman–Crippen MR) is 123 cm³/mol. The minimum Gasteiger partial charge on any atom is -0.477 e. The maximum atomic E-state index is 10.1. The molecule has 6 rings (SSSR count). The lowest BCUT2D eigenvalue weighted by molar-refractivity contribution is 0.198. The van der Waals surface area contributed by atoms with Gasteiger partial charge in [0.25, 0.3) is 0 Å². The van der Waals surface area contributed by atoms with Crippen molar-refractivity contribution in [1.29, 1.82) is 0 Å². The highest BCUT2D eigenvalue weighted by Gasteiger charge is 2.27. The van der Waals surface area contributed by atoms with Gasteiger partial charge in [0, 0.05) is 45.0 Å². The summed E-state index contributed by atoms with van der Waals surface area (Å²) in [6.45, 7) is 3.98. The van der Waals surface area contributed by atoms with Gasteiger partial charge in [0.1, 0.15) is 17.2 Å². The van der Waals surface area contributed by atoms with Gasteiger partial charge in [-0.05, 0) is 19.4 Å². The van der Waals surface area contributed by atoms with Crippen molar-refractivity contribution in [2.45, 2.75) is 31.9 Å². The first-order valence-electron chi connectivity index (χ1n) is 11.1. The van der Waals surface area contributed by atoms with E-state index in [1.807, 2.05) is 24.0 Å². The molecule has 2 N–H and O–H groups in total. The topological polar surface area (TPSA) is 119 Å². The minimum atomic E-state index is -0.327. The summed E-state index contributed by atoms with van der Waals surface area (Å²) in [7, 11) is 1.84. The van der Waals surface area contributed by atoms with Crippen LogP contribution in [0.4, 0.5) is 17.5 Å². The SMILES string of the molecule is CC1CCOc2c(cnn2C)-c2nccc(n2)Nc2cc3c(cn2)c(N2CC[C@@H](O)C2)nn31. The molecule has 0 spiro atoms. The maximum absolute atomic E-state index is 10.1. The van der Waals surface area contributed by atoms with Crippen LogP contribution in [-0.4, -0.2) is 65.4 Å². The number of aryl methyl sites for hydroxylation is 1. The van der Waals surface area contributed by atoms with Gasteiger partial charge in [0.2, 0.25) is 5.88 Å². The van der Waals surface area contributed by atoms with Gasteiger partial charge < -0.3 is 20.1 Å². The Labute approximate surface area is 190 Å². The molecule has 1 unspecified atom stereocenters. The van der Waals surface area contributed by atoms with Crippen LogP contribution >= 0.6 is 0 Å². The predicted octanol–water partition coefficient (Wildman–Crippen LogP) is 2.28. The van der Waals surface area contributed by atoms with Gasteiger partial charge in [0.05, 0.1) is 35.9 Å². The summed E-state index contributed by atoms with van der Waals surface area (Å²) < 4.78 is 9.88. The Balaban J connectivity index is 1.47. The van der Waals surface area contributed by atoms with Gasteiger partial charge >= 0.3 is 0 Å². The molecular formula is C22H25N9O2. The minimum absolute atomic E-state index is 0.0812. The normalized spacial score (nSPS) is 20.4. The summed E-state index contributed by atoms with van der Waals surface area (Å²) in [5, 5.41) is 23.6. The zero-order valence-corrected chi connectivity index (χ0v) is 18.5. The number of hydrogen-bond donors (Lipinski definition) is 2. The van der Waals surface area contributed by atoms with E-state index in [1.54, 1.807) is 23.1 Å². The summed E-state index contributed by atoms with van der Waals surface area (Å²) in [5.74, 6) is 3.32. The van der Waals surface area contributed by atoms with E-state index >= 15 is 0 Å². The number of nitrogens with one attached hydrogen (secondary N) is 1. The van der Waals surface area contributed by atoms with Crippen molar-refractivity contribution in [1.82, 2.24) is 34.5 Å². The number of aliphatic hydroxyl groups is 1. The number of nitrogens with zero attached hydrogens (tertiary/aromatic N) is 8. The van der Waals surface area contributed by atoms with Crippen molar-refractivity contribution in [3.05, 3.63) is 30.7 Å². The van der Waals surface area contributed by atoms with Gasteiger partial charge in [-0.3, -0.25) is 4.68 Å². The van der Waals surface area contributed by atoms with Crippen LogP contribution in [-0.2, 0) is 7.05 Å². The molecule has 0 radical (unpaired) electrons. The lowest BCUT2D eigenvalue weighted by atomic mass is 10.2. The number of ether oxygens (including phenoxy) is 1. The molecule has 170 valence electrons. The third-order valence-corrected chi connectivity index (χ3v) is 6.26. The first-order chi connectivity index (χ1) is 16.1. The van der Waals surface area contributed by atoms with Gasteiger partial charge in [-0.15, -0.1) is 0 Å². The Morgan fingerprint density at radius 2 is 2.09 bits per heavy atom. The van der Waals surface area contributed by atoms with Gasteiger partial charge in [-0.1, -0.05) is 0 Å². The number of fused-ring (bicyclic) bond motifs is 5. The number of hydrogen-bond acceptors (Lipinski definition) is 9. The highest BCUT2D eigenvalue weighted by atomic mass is 16.5. The summed E-state index contributed by atoms with van der Waals surface area (Å²) in [5.41, 5.74) is 1.72. The van der Waals surface area contributed by atoms with Crippen molar-refractivity contribution in [2.24, 2.45) is 7.05 Å². The molecule has 2 aliphatic rings. The van der Waals surface area contributed by atoms with Crippen molar-refractivity contribution in [3.63, 3.8) is 0 Å². The van der Waals surface area contributed by atoms with Crippen LogP contribution in [0.5, 0.6) is 5.88 Å². The Morgan fingerprint density at radius 1 is 1.18 bits per heavy atom. The van der Waals surface area contributed by atoms with Crippen LogP contribution in [0.15, 0.2) is 30.7 Å². The maximum Gasteiger partial charge on any atom is 0.222 e. The molecule has 0 saturated carbocycles. The van der Waals surface area contributed by atoms with Gasteiger partial charge in [-0.25, -0.2) is 19.6 Å². The summed E-state index contributed by atoms with van der Waals surface area (Å²) >= 11 is 0. The number of β-amino-alcohol motifs (C(OH)–C–C–N with tert-alkyl or cyclic N) is 1. The summed E-state index contributed by atoms with van der Waals surface area (Å²) in [6.07, 6.45) is 6.43. The molecular weight excluding hydrogens is 422 g/mol. The van der Waals surface area contributed by atoms with E-state index in [0.29, 0.717) is 36.5 Å². The first kappa shape index (κ1) is 19.9. The van der Waals surface area contributed by atoms with Crippen molar-refractivity contribution in [3.8, 4) is 17.3 Å². The second-order valence-corrected chi connectivity index (χ2v) is 8.61. The Bertz CT molecular complexity index is 1330. The Morgan fingerprint density at radius 3 is 2.94 bits per heavy atom. The quantitative estimate of drug-likeness (QED) is 0.453. The average molecular weight is 448 g/mol. The fraction of sp³-hybridized carbons (Fsp3) is 0.409. The van der Waals surface area contributed by atoms with E-state index in [9.17, 15) is 5.11 Å². The van der Waals surface area contributed by atoms with Gasteiger partial charge in [0.15, 0.2) is 11.6 Å². The van der Waals surface area contributed by atoms with E-state index in [-0.39, 0.29) is 12.1 Å². The Kier molecular flexibility index (Phi) is 4.64. The van der Waals surface area contributed by atoms with E-state index in [4.69, 9.17) is 9.84 Å². The second-order valence-electron chi connectivity index (χ2n) is 8.61. The molecule has 0 aromatic carbocycles. The summed E-state index contributed by atoms with van der Waals surface area (Å²) in [6, 6.07) is 3.88. The van der Waals surface area contributed by atoms with Gasteiger partial charge in [-0.2, -0.15) is 10.2 Å². The van der Waals surface area contributed by atoms with E-state index in [1.165, 1.54) is 0 Å². The molecule has 11 nitrogen and oxygen atoms in total. The van der Waals surface area contributed by atoms with Crippen LogP contribution in [0, 0.1) is 0 Å². The van der Waals surface area contributed by atoms with E-state index in [2.05, 4.69) is 37.2 Å². The zero-order valence-electron chi connectivity index (χ0n) is 18.5. The number of pyridine rings is 1. The highest BCUT2D eigenvalue weighted by molar-refractivity contribution is 5.92. The van der Waals surface area contributed by atoms with Crippen molar-refractivity contribution >= 4 is 28.4 Å². The van der Waals surface area contributed by atoms with Crippen LogP contribution in [0.3, 0.4) is 0 Å². The number of rotatable bonds is 1. The number of aliphatic hydroxyl groups excluding tert-OH is 1. The lowest BCUT2D eigenvalue weighted by Crippen LogP contribution is -2.22. The molecule has 4 aromatic heterocycles. The molecule has 11 heteroatoms. The fourth-order valence-corrected chi connectivity index (χ4v) is 4.48. The van der Waals surface area contributed by atoms with E-state index < -0.39 is 0 Å². The first-order valence-corrected chi connectivity index (χ1v) is 11.1. The third kappa shape index (κ3) is 3.44. The smallest absolute Gasteiger partial charge is 0.222 e. The molecule has 6 heterocycles. The molecule has 1 fully saturated rings. The van der Waals surface area contributed by atoms with Crippen LogP contribution in [0.2, 0.25) is 0 Å². The van der Waals surface area contributed by atoms with Crippen LogP contribution in [0.1, 0.15) is 25.8 Å². The summed E-state index contributed by atoms with van der Waals surface area (Å²) in [4.78, 5) is 15.8. The fourth-order valence-electron chi connectivity index (χ4n) is 4.48. The highest BCUT2D eigenvalue weighted by Crippen LogP contribution is 2.34. The zero-order chi connectivity index (χ0) is 22.5. The second kappa shape index (κ2) is 7.69. The molecule has 2 atom stereocenters. The molecule has 0 amide bonds. The average Bonchev–Trinajstić information content (AvgIpc) is 3.50. The van der Waals surface area contributed by atoms with Crippen LogP contribution < -0.4 is 15.0 Å². The monoisotopic (exact) mass is 447 g/mol. The standard InChI is InChI=1S/C22H25N9O2/c1-13-5-8-33-22-16(11-25-29(22)2)20-23-6-3-18(27-20)26-19-9-17-15(10-24-19)21(28-31(13)17)30-7-4-14(32)12-30/h3,6,9-11,13-14,32H,4-5,7-8,12H2,1-2H3,(H,23,24,26,27)/t13?,14-/m1/s1. The molecule has 4 aromatic rings. The lowest BCUT2D eigenvalue weighted by Gasteiger charge is -2.16. The largest absolute Gasteiger partial charge is 0.477 e. The van der Waals surface area contributed by atoms with E-state index in [0.717, 1.165) is 41.7 Å². The van der Waals surface area contributed by atoms with Crippen molar-refractivity contribution in [2.75, 3.05) is 29.9 Å². The molecule has 0 aliphatic carbocycles. The molecule has 2 aliphatic heterocycles. The Hall–Kier alpha value is -3.73. The molecule has 33 heavy (non-hydrogen) atoms. The number of aromatic nitrogens is 7. The molecule has 1 saturated heterocycles. The third-order valence-electron chi connectivity index (χ3n) is 6.26. The number of anilines is 3. The molecule has 4 bridgehead atoms. The van der Waals surface area contributed by atoms with Crippen molar-refractivity contribution < 1.29 is 9.84 Å².